The zero-order chi connectivity index (χ0) is 18.1. The lowest BCUT2D eigenvalue weighted by atomic mass is 10.1. The van der Waals surface area contributed by atoms with Crippen LogP contribution in [0.15, 0.2) is 53.1 Å². The van der Waals surface area contributed by atoms with Crippen LogP contribution in [0.5, 0.6) is 0 Å². The van der Waals surface area contributed by atoms with Gasteiger partial charge in [0.2, 0.25) is 17.6 Å². The fourth-order valence-corrected chi connectivity index (χ4v) is 3.23. The molecule has 1 fully saturated rings. The number of halogens is 1. The molecule has 0 N–H and O–H groups in total. The van der Waals surface area contributed by atoms with Gasteiger partial charge >= 0.3 is 0 Å². The SMILES string of the molecule is Cc1ccccc1CN1CC(c2nc(-c3cccc(F)c3)no2)CC1=O. The van der Waals surface area contributed by atoms with E-state index in [-0.39, 0.29) is 17.6 Å². The Hall–Kier alpha value is -3.02. The van der Waals surface area contributed by atoms with Gasteiger partial charge in [0.15, 0.2) is 0 Å². The maximum Gasteiger partial charge on any atom is 0.232 e. The molecule has 2 heterocycles. The molecule has 1 aromatic heterocycles. The molecule has 2 aromatic carbocycles. The number of hydrogen-bond acceptors (Lipinski definition) is 4. The van der Waals surface area contributed by atoms with E-state index in [9.17, 15) is 9.18 Å². The quantitative estimate of drug-likeness (QED) is 0.719. The highest BCUT2D eigenvalue weighted by molar-refractivity contribution is 5.79. The molecule has 5 nitrogen and oxygen atoms in total. The highest BCUT2D eigenvalue weighted by atomic mass is 19.1. The molecular formula is C20H18FN3O2. The summed E-state index contributed by atoms with van der Waals surface area (Å²) in [5, 5.41) is 3.94. The van der Waals surface area contributed by atoms with Crippen LogP contribution in [0.4, 0.5) is 4.39 Å². The largest absolute Gasteiger partial charge is 0.339 e. The van der Waals surface area contributed by atoms with Crippen molar-refractivity contribution >= 4 is 5.91 Å². The summed E-state index contributed by atoms with van der Waals surface area (Å²) >= 11 is 0. The van der Waals surface area contributed by atoms with E-state index >= 15 is 0 Å². The summed E-state index contributed by atoms with van der Waals surface area (Å²) in [5.41, 5.74) is 2.85. The van der Waals surface area contributed by atoms with E-state index < -0.39 is 0 Å². The molecule has 4 rings (SSSR count). The minimum Gasteiger partial charge on any atom is -0.339 e. The molecule has 0 radical (unpaired) electrons. The molecule has 1 unspecified atom stereocenters. The van der Waals surface area contributed by atoms with E-state index in [0.717, 1.165) is 11.1 Å². The maximum atomic E-state index is 13.4. The summed E-state index contributed by atoms with van der Waals surface area (Å²) < 4.78 is 18.7. The van der Waals surface area contributed by atoms with E-state index in [1.165, 1.54) is 12.1 Å². The van der Waals surface area contributed by atoms with E-state index in [4.69, 9.17) is 4.52 Å². The predicted molar refractivity (Wildman–Crippen MR) is 93.6 cm³/mol. The number of hydrogen-bond donors (Lipinski definition) is 0. The Morgan fingerprint density at radius 2 is 2.08 bits per heavy atom. The average Bonchev–Trinajstić information content (AvgIpc) is 3.24. The Kier molecular flexibility index (Phi) is 4.24. The van der Waals surface area contributed by atoms with Gasteiger partial charge in [-0.05, 0) is 30.2 Å². The van der Waals surface area contributed by atoms with Crippen LogP contribution in [0.2, 0.25) is 0 Å². The van der Waals surface area contributed by atoms with Gasteiger partial charge in [0.05, 0.1) is 5.92 Å². The third-order valence-electron chi connectivity index (χ3n) is 4.71. The highest BCUT2D eigenvalue weighted by Gasteiger charge is 2.34. The molecule has 132 valence electrons. The Labute approximate surface area is 150 Å². The Balaban J connectivity index is 1.50. The van der Waals surface area contributed by atoms with Crippen molar-refractivity contribution in [3.05, 3.63) is 71.4 Å². The van der Waals surface area contributed by atoms with Crippen molar-refractivity contribution < 1.29 is 13.7 Å². The molecule has 0 spiro atoms. The van der Waals surface area contributed by atoms with Gasteiger partial charge in [-0.2, -0.15) is 4.98 Å². The monoisotopic (exact) mass is 351 g/mol. The fourth-order valence-electron chi connectivity index (χ4n) is 3.23. The summed E-state index contributed by atoms with van der Waals surface area (Å²) in [5.74, 6) is 0.341. The zero-order valence-corrected chi connectivity index (χ0v) is 14.4. The molecule has 26 heavy (non-hydrogen) atoms. The van der Waals surface area contributed by atoms with Crippen molar-refractivity contribution in [1.29, 1.82) is 0 Å². The summed E-state index contributed by atoms with van der Waals surface area (Å²) in [4.78, 5) is 18.6. The van der Waals surface area contributed by atoms with E-state index in [0.29, 0.717) is 36.8 Å². The van der Waals surface area contributed by atoms with Crippen molar-refractivity contribution in [3.63, 3.8) is 0 Å². The number of carbonyl (C=O) groups excluding carboxylic acids is 1. The van der Waals surface area contributed by atoms with Gasteiger partial charge in [0.25, 0.3) is 0 Å². The Bertz CT molecular complexity index is 953. The molecular weight excluding hydrogens is 333 g/mol. The Morgan fingerprint density at radius 1 is 1.23 bits per heavy atom. The van der Waals surface area contributed by atoms with Gasteiger partial charge < -0.3 is 9.42 Å². The van der Waals surface area contributed by atoms with Gasteiger partial charge in [-0.15, -0.1) is 0 Å². The van der Waals surface area contributed by atoms with Crippen molar-refractivity contribution in [2.75, 3.05) is 6.54 Å². The van der Waals surface area contributed by atoms with Crippen LogP contribution in [0.25, 0.3) is 11.4 Å². The van der Waals surface area contributed by atoms with Gasteiger partial charge in [0, 0.05) is 25.1 Å². The van der Waals surface area contributed by atoms with E-state index in [1.54, 1.807) is 12.1 Å². The molecule has 1 saturated heterocycles. The molecule has 0 saturated carbocycles. The molecule has 1 aliphatic heterocycles. The van der Waals surface area contributed by atoms with Crippen LogP contribution < -0.4 is 0 Å². The summed E-state index contributed by atoms with van der Waals surface area (Å²) in [7, 11) is 0. The number of likely N-dealkylation sites (tertiary alicyclic amines) is 1. The number of aromatic nitrogens is 2. The lowest BCUT2D eigenvalue weighted by Crippen LogP contribution is -2.24. The summed E-state index contributed by atoms with van der Waals surface area (Å²) in [6.07, 6.45) is 0.344. The van der Waals surface area contributed by atoms with Crippen molar-refractivity contribution in [2.24, 2.45) is 0 Å². The fraction of sp³-hybridized carbons (Fsp3) is 0.250. The number of aryl methyl sites for hydroxylation is 1. The smallest absolute Gasteiger partial charge is 0.232 e. The van der Waals surface area contributed by atoms with E-state index in [1.807, 2.05) is 36.1 Å². The lowest BCUT2D eigenvalue weighted by molar-refractivity contribution is -0.128. The molecule has 6 heteroatoms. The third kappa shape index (κ3) is 3.22. The van der Waals surface area contributed by atoms with Crippen molar-refractivity contribution in [3.8, 4) is 11.4 Å². The first kappa shape index (κ1) is 16.4. The number of carbonyl (C=O) groups is 1. The molecule has 0 bridgehead atoms. The highest BCUT2D eigenvalue weighted by Crippen LogP contribution is 2.30. The summed E-state index contributed by atoms with van der Waals surface area (Å²) in [6.45, 7) is 3.15. The minimum atomic E-state index is -0.352. The second-order valence-corrected chi connectivity index (χ2v) is 6.57. The second-order valence-electron chi connectivity index (χ2n) is 6.57. The van der Waals surface area contributed by atoms with Crippen LogP contribution >= 0.6 is 0 Å². The number of benzene rings is 2. The van der Waals surface area contributed by atoms with Crippen molar-refractivity contribution in [1.82, 2.24) is 15.0 Å². The molecule has 1 atom stereocenters. The molecule has 1 aliphatic rings. The first-order valence-corrected chi connectivity index (χ1v) is 8.52. The number of rotatable bonds is 4. The molecule has 3 aromatic rings. The average molecular weight is 351 g/mol. The number of nitrogens with zero attached hydrogens (tertiary/aromatic N) is 3. The van der Waals surface area contributed by atoms with E-state index in [2.05, 4.69) is 10.1 Å². The number of amides is 1. The predicted octanol–water partition coefficient (Wildman–Crippen LogP) is 3.70. The van der Waals surface area contributed by atoms with Crippen LogP contribution in [-0.4, -0.2) is 27.5 Å². The first-order chi connectivity index (χ1) is 12.6. The van der Waals surface area contributed by atoms with Crippen LogP contribution in [0, 0.1) is 12.7 Å². The lowest BCUT2D eigenvalue weighted by Gasteiger charge is -2.17. The van der Waals surface area contributed by atoms with Crippen LogP contribution in [-0.2, 0) is 11.3 Å². The Morgan fingerprint density at radius 3 is 2.88 bits per heavy atom. The van der Waals surface area contributed by atoms with Crippen LogP contribution in [0.1, 0.15) is 29.4 Å². The first-order valence-electron chi connectivity index (χ1n) is 8.52. The standard InChI is InChI=1S/C20H18FN3O2/c1-13-5-2-3-6-15(13)11-24-12-16(10-18(24)25)20-22-19(23-26-20)14-7-4-8-17(21)9-14/h2-9,16H,10-12H2,1H3. The van der Waals surface area contributed by atoms with Crippen molar-refractivity contribution in [2.45, 2.75) is 25.8 Å². The van der Waals surface area contributed by atoms with Gasteiger partial charge in [-0.1, -0.05) is 41.6 Å². The second kappa shape index (κ2) is 6.71. The normalized spacial score (nSPS) is 17.1. The van der Waals surface area contributed by atoms with Gasteiger partial charge in [-0.25, -0.2) is 4.39 Å². The zero-order valence-electron chi connectivity index (χ0n) is 14.4. The van der Waals surface area contributed by atoms with Gasteiger partial charge in [0.1, 0.15) is 5.82 Å². The summed E-state index contributed by atoms with van der Waals surface area (Å²) in [6, 6.07) is 14.1. The molecule has 0 aliphatic carbocycles. The maximum absolute atomic E-state index is 13.4. The van der Waals surface area contributed by atoms with Crippen LogP contribution in [0.3, 0.4) is 0 Å². The third-order valence-corrected chi connectivity index (χ3v) is 4.71. The van der Waals surface area contributed by atoms with Gasteiger partial charge in [-0.3, -0.25) is 4.79 Å². The minimum absolute atomic E-state index is 0.0729. The topological polar surface area (TPSA) is 59.2 Å². The molecule has 1 amide bonds.